The lowest BCUT2D eigenvalue weighted by Gasteiger charge is -2.36. The first-order valence-corrected chi connectivity index (χ1v) is 16.1. The molecule has 0 spiro atoms. The summed E-state index contributed by atoms with van der Waals surface area (Å²) in [5.74, 6) is 1.48. The Morgan fingerprint density at radius 2 is 1.74 bits per heavy atom. The van der Waals surface area contributed by atoms with Crippen LogP contribution in [0, 0.1) is 11.8 Å². The van der Waals surface area contributed by atoms with Crippen molar-refractivity contribution in [1.82, 2.24) is 14.1 Å². The lowest BCUT2D eigenvalue weighted by atomic mass is 9.96. The highest BCUT2D eigenvalue weighted by atomic mass is 32.2. The van der Waals surface area contributed by atoms with Crippen LogP contribution < -0.4 is 4.74 Å². The van der Waals surface area contributed by atoms with E-state index in [-0.39, 0.29) is 43.0 Å². The maximum Gasteiger partial charge on any atom is 0.288 e. The van der Waals surface area contributed by atoms with E-state index in [2.05, 4.69) is 17.0 Å². The molecule has 2 aliphatic heterocycles. The van der Waals surface area contributed by atoms with E-state index >= 15 is 0 Å². The van der Waals surface area contributed by atoms with Crippen LogP contribution in [0.15, 0.2) is 71.3 Å². The number of piperazine rings is 1. The molecule has 1 aliphatic carbocycles. The van der Waals surface area contributed by atoms with Crippen LogP contribution in [0.5, 0.6) is 5.75 Å². The van der Waals surface area contributed by atoms with Gasteiger partial charge in [0, 0.05) is 52.2 Å². The van der Waals surface area contributed by atoms with E-state index in [1.165, 1.54) is 29.1 Å². The Morgan fingerprint density at radius 1 is 1.02 bits per heavy atom. The molecule has 2 aromatic carbocycles. The van der Waals surface area contributed by atoms with Crippen molar-refractivity contribution in [1.29, 1.82) is 0 Å². The molecule has 0 bridgehead atoms. The summed E-state index contributed by atoms with van der Waals surface area (Å²) in [5, 5.41) is 9.55. The number of methoxy groups -OCH3 is 1. The highest BCUT2D eigenvalue weighted by Crippen LogP contribution is 2.43. The number of amides is 1. The standard InChI is InChI=1S/C31H41N3O7S/c1-39-27-9-11-28(12-10-27)42(37,38)34(17-19-35)18-20-40-30-22-26(25-7-8-25)21-29(41-30)31(36)33-15-13-32(14-16-33)23-24-5-3-2-4-6-24/h2-6,9-12,21,25-26,30,35H,7-8,13-20,22-23H2,1H3/t26-,30+/m1/s1. The number of benzene rings is 2. The lowest BCUT2D eigenvalue weighted by molar-refractivity contribution is -0.156. The maximum atomic E-state index is 13.5. The molecule has 0 aromatic heterocycles. The van der Waals surface area contributed by atoms with Crippen LogP contribution in [-0.2, 0) is 30.8 Å². The van der Waals surface area contributed by atoms with Crippen molar-refractivity contribution in [2.75, 3.05) is 59.6 Å². The number of allylic oxidation sites excluding steroid dienone is 1. The van der Waals surface area contributed by atoms with Crippen LogP contribution in [0.3, 0.4) is 0 Å². The van der Waals surface area contributed by atoms with Gasteiger partial charge in [-0.3, -0.25) is 9.69 Å². The van der Waals surface area contributed by atoms with E-state index in [1.807, 2.05) is 29.2 Å². The Morgan fingerprint density at radius 3 is 2.38 bits per heavy atom. The number of hydrogen-bond acceptors (Lipinski definition) is 8. The molecule has 1 saturated heterocycles. The summed E-state index contributed by atoms with van der Waals surface area (Å²) >= 11 is 0. The van der Waals surface area contributed by atoms with E-state index in [4.69, 9.17) is 14.2 Å². The number of aliphatic hydroxyl groups excluding tert-OH is 1. The van der Waals surface area contributed by atoms with Crippen LogP contribution in [0.1, 0.15) is 24.8 Å². The fourth-order valence-corrected chi connectivity index (χ4v) is 6.96. The largest absolute Gasteiger partial charge is 0.497 e. The second kappa shape index (κ2) is 14.0. The quantitative estimate of drug-likeness (QED) is 0.375. The first kappa shape index (κ1) is 30.5. The third kappa shape index (κ3) is 7.70. The zero-order chi connectivity index (χ0) is 29.5. The highest BCUT2D eigenvalue weighted by molar-refractivity contribution is 7.89. The van der Waals surface area contributed by atoms with Gasteiger partial charge in [0.05, 0.1) is 25.2 Å². The second-order valence-electron chi connectivity index (χ2n) is 11.0. The fraction of sp³-hybridized carbons (Fsp3) is 0.516. The topological polar surface area (TPSA) is 109 Å². The maximum absolute atomic E-state index is 13.5. The van der Waals surface area contributed by atoms with Gasteiger partial charge in [-0.1, -0.05) is 30.3 Å². The van der Waals surface area contributed by atoms with E-state index in [0.717, 1.165) is 32.5 Å². The molecule has 10 nitrogen and oxygen atoms in total. The average molecular weight is 600 g/mol. The van der Waals surface area contributed by atoms with E-state index in [1.54, 1.807) is 12.1 Å². The Hall–Kier alpha value is -2.96. The number of rotatable bonds is 13. The normalized spacial score (nSPS) is 21.6. The van der Waals surface area contributed by atoms with E-state index in [9.17, 15) is 18.3 Å². The number of carbonyl (C=O) groups is 1. The zero-order valence-electron chi connectivity index (χ0n) is 24.1. The van der Waals surface area contributed by atoms with E-state index in [0.29, 0.717) is 36.9 Å². The van der Waals surface area contributed by atoms with Gasteiger partial charge in [0.15, 0.2) is 5.76 Å². The predicted molar refractivity (Wildman–Crippen MR) is 157 cm³/mol. The summed E-state index contributed by atoms with van der Waals surface area (Å²) in [6.45, 7) is 3.44. The zero-order valence-corrected chi connectivity index (χ0v) is 25.0. The monoisotopic (exact) mass is 599 g/mol. The van der Waals surface area contributed by atoms with Crippen molar-refractivity contribution in [3.05, 3.63) is 72.0 Å². The van der Waals surface area contributed by atoms with E-state index < -0.39 is 16.3 Å². The predicted octanol–water partition coefficient (Wildman–Crippen LogP) is 2.70. The summed E-state index contributed by atoms with van der Waals surface area (Å²) in [4.78, 5) is 17.8. The molecular formula is C31H41N3O7S. The van der Waals surface area contributed by atoms with Crippen LogP contribution in [0.4, 0.5) is 0 Å². The number of ether oxygens (including phenoxy) is 3. The van der Waals surface area contributed by atoms with Gasteiger partial charge in [0.2, 0.25) is 16.3 Å². The number of aliphatic hydroxyl groups is 1. The molecule has 3 aliphatic rings. The van der Waals surface area contributed by atoms with Gasteiger partial charge in [-0.2, -0.15) is 4.31 Å². The summed E-state index contributed by atoms with van der Waals surface area (Å²) in [6.07, 6.45) is 4.20. The van der Waals surface area contributed by atoms with Gasteiger partial charge in [0.1, 0.15) is 5.75 Å². The molecule has 1 N–H and O–H groups in total. The van der Waals surface area contributed by atoms with Crippen molar-refractivity contribution in [2.24, 2.45) is 11.8 Å². The molecule has 2 fully saturated rings. The molecule has 42 heavy (non-hydrogen) atoms. The molecule has 2 heterocycles. The lowest BCUT2D eigenvalue weighted by Crippen LogP contribution is -2.49. The molecule has 1 amide bonds. The van der Waals surface area contributed by atoms with Crippen molar-refractivity contribution < 1.29 is 32.5 Å². The minimum atomic E-state index is -3.85. The summed E-state index contributed by atoms with van der Waals surface area (Å²) in [7, 11) is -2.33. The van der Waals surface area contributed by atoms with Gasteiger partial charge in [-0.15, -0.1) is 0 Å². The fourth-order valence-electron chi connectivity index (χ4n) is 5.54. The Kier molecular flexibility index (Phi) is 10.2. The molecule has 0 radical (unpaired) electrons. The first-order chi connectivity index (χ1) is 20.4. The first-order valence-electron chi connectivity index (χ1n) is 14.7. The summed E-state index contributed by atoms with van der Waals surface area (Å²) in [6, 6.07) is 16.5. The number of nitrogens with zero attached hydrogens (tertiary/aromatic N) is 3. The molecule has 0 unspecified atom stereocenters. The molecular weight excluding hydrogens is 558 g/mol. The number of sulfonamides is 1. The van der Waals surface area contributed by atoms with Crippen LogP contribution in [0.2, 0.25) is 0 Å². The minimum absolute atomic E-state index is 0.0409. The van der Waals surface area contributed by atoms with Gasteiger partial charge in [0.25, 0.3) is 5.91 Å². The SMILES string of the molecule is COc1ccc(S(=O)(=O)N(CCO)CCO[C@@H]2C[C@H](C3CC3)C=C(C(=O)N3CCN(Cc4ccccc4)CC3)O2)cc1. The molecule has 2 aromatic rings. The third-order valence-electron chi connectivity index (χ3n) is 8.13. The van der Waals surface area contributed by atoms with Crippen molar-refractivity contribution >= 4 is 15.9 Å². The second-order valence-corrected chi connectivity index (χ2v) is 13.0. The molecule has 11 heteroatoms. The van der Waals surface area contributed by atoms with Crippen LogP contribution in [0.25, 0.3) is 0 Å². The van der Waals surface area contributed by atoms with Crippen LogP contribution in [-0.4, -0.2) is 99.4 Å². The van der Waals surface area contributed by atoms with Crippen molar-refractivity contribution in [3.8, 4) is 5.75 Å². The third-order valence-corrected chi connectivity index (χ3v) is 10.0. The van der Waals surface area contributed by atoms with Gasteiger partial charge >= 0.3 is 0 Å². The summed E-state index contributed by atoms with van der Waals surface area (Å²) in [5.41, 5.74) is 1.26. The molecule has 228 valence electrons. The highest BCUT2D eigenvalue weighted by Gasteiger charge is 2.38. The molecule has 5 rings (SSSR count). The van der Waals surface area contributed by atoms with Crippen LogP contribution >= 0.6 is 0 Å². The molecule has 2 atom stereocenters. The summed E-state index contributed by atoms with van der Waals surface area (Å²) < 4.78 is 44.9. The average Bonchev–Trinajstić information content (AvgIpc) is 3.87. The van der Waals surface area contributed by atoms with Crippen molar-refractivity contribution in [2.45, 2.75) is 37.0 Å². The molecule has 1 saturated carbocycles. The van der Waals surface area contributed by atoms with Gasteiger partial charge < -0.3 is 24.2 Å². The van der Waals surface area contributed by atoms with Gasteiger partial charge in [-0.25, -0.2) is 8.42 Å². The van der Waals surface area contributed by atoms with Crippen molar-refractivity contribution in [3.63, 3.8) is 0 Å². The minimum Gasteiger partial charge on any atom is -0.497 e. The Labute approximate surface area is 248 Å². The number of carbonyl (C=O) groups excluding carboxylic acids is 1. The van der Waals surface area contributed by atoms with Gasteiger partial charge in [-0.05, 0) is 60.6 Å². The smallest absolute Gasteiger partial charge is 0.288 e. The number of hydrogen-bond donors (Lipinski definition) is 1. The Balaban J connectivity index is 1.16. The Bertz CT molecular complexity index is 1310.